The van der Waals surface area contributed by atoms with E-state index in [0.29, 0.717) is 0 Å². The molecule has 4 heteroatoms. The molecule has 0 spiro atoms. The Labute approximate surface area is 69.7 Å². The fourth-order valence-electron chi connectivity index (χ4n) is 0.877. The van der Waals surface area contributed by atoms with Crippen LogP contribution in [0, 0.1) is 0 Å². The highest BCUT2D eigenvalue weighted by Crippen LogP contribution is 2.10. The molecule has 11 heavy (non-hydrogen) atoms. The second kappa shape index (κ2) is 3.46. The first-order valence-electron chi connectivity index (χ1n) is 3.17. The van der Waals surface area contributed by atoms with Crippen LogP contribution in [0.15, 0.2) is 18.4 Å². The van der Waals surface area contributed by atoms with Gasteiger partial charge >= 0.3 is 6.09 Å². The quantitative estimate of drug-likeness (QED) is 0.501. The number of alkyl carbamates (subject to hydrolysis) is 1. The van der Waals surface area contributed by atoms with Crippen LogP contribution in [0.25, 0.3) is 0 Å². The lowest BCUT2D eigenvalue weighted by Gasteiger charge is -2.07. The lowest BCUT2D eigenvalue weighted by molar-refractivity contribution is 0.146. The molecular weight excluding hydrogens is 166 g/mol. The molecule has 0 aromatic carbocycles. The van der Waals surface area contributed by atoms with E-state index in [2.05, 4.69) is 17.6 Å². The van der Waals surface area contributed by atoms with Gasteiger partial charge in [-0.25, -0.2) is 4.79 Å². The van der Waals surface area contributed by atoms with Gasteiger partial charge in [-0.15, -0.1) is 17.3 Å². The number of cyclic esters (lactones) is 1. The van der Waals surface area contributed by atoms with Gasteiger partial charge in [0.15, 0.2) is 0 Å². The minimum atomic E-state index is -0.438. The molecule has 0 aliphatic carbocycles. The van der Waals surface area contributed by atoms with Crippen molar-refractivity contribution in [2.75, 3.05) is 5.88 Å². The second-order valence-corrected chi connectivity index (χ2v) is 2.45. The first kappa shape index (κ1) is 8.18. The number of alkyl halides is 1. The fourth-order valence-corrected chi connectivity index (χ4v) is 1.13. The number of nitrogens with one attached hydrogen (secondary N) is 1. The SMILES string of the molecule is C=C=C[C@H]1NC(=O)O[C@@H]1CCl. The molecule has 1 N–H and O–H groups in total. The van der Waals surface area contributed by atoms with Crippen molar-refractivity contribution in [3.63, 3.8) is 0 Å². The third-order valence-electron chi connectivity index (χ3n) is 1.39. The molecule has 0 saturated carbocycles. The van der Waals surface area contributed by atoms with Crippen molar-refractivity contribution in [2.45, 2.75) is 12.1 Å². The maximum absolute atomic E-state index is 10.6. The van der Waals surface area contributed by atoms with Crippen LogP contribution < -0.4 is 5.32 Å². The number of hydrogen-bond donors (Lipinski definition) is 1. The minimum absolute atomic E-state index is 0.183. The van der Waals surface area contributed by atoms with Crippen LogP contribution in [-0.2, 0) is 4.74 Å². The molecule has 1 fully saturated rings. The van der Waals surface area contributed by atoms with Crippen molar-refractivity contribution in [1.82, 2.24) is 5.32 Å². The summed E-state index contributed by atoms with van der Waals surface area (Å²) >= 11 is 5.52. The van der Waals surface area contributed by atoms with E-state index in [9.17, 15) is 4.79 Å². The number of rotatable bonds is 2. The Balaban J connectivity index is 2.64. The largest absolute Gasteiger partial charge is 0.442 e. The summed E-state index contributed by atoms with van der Waals surface area (Å²) in [4.78, 5) is 10.6. The predicted octanol–water partition coefficient (Wildman–Crippen LogP) is 1.04. The number of halogens is 1. The molecule has 1 aliphatic rings. The highest BCUT2D eigenvalue weighted by Gasteiger charge is 2.31. The molecule has 1 aliphatic heterocycles. The van der Waals surface area contributed by atoms with E-state index in [0.717, 1.165) is 0 Å². The number of amides is 1. The summed E-state index contributed by atoms with van der Waals surface area (Å²) in [7, 11) is 0. The van der Waals surface area contributed by atoms with Gasteiger partial charge in [0.25, 0.3) is 0 Å². The second-order valence-electron chi connectivity index (χ2n) is 2.14. The molecule has 1 rings (SSSR count). The molecule has 2 atom stereocenters. The zero-order chi connectivity index (χ0) is 8.27. The van der Waals surface area contributed by atoms with E-state index in [1.807, 2.05) is 0 Å². The van der Waals surface area contributed by atoms with Gasteiger partial charge in [0.2, 0.25) is 0 Å². The van der Waals surface area contributed by atoms with Crippen molar-refractivity contribution in [1.29, 1.82) is 0 Å². The Hall–Kier alpha value is -0.920. The molecular formula is C7H8ClNO2. The molecule has 60 valence electrons. The fraction of sp³-hybridized carbons (Fsp3) is 0.429. The monoisotopic (exact) mass is 173 g/mol. The zero-order valence-corrected chi connectivity index (χ0v) is 6.60. The lowest BCUT2D eigenvalue weighted by atomic mass is 10.2. The summed E-state index contributed by atoms with van der Waals surface area (Å²) in [5, 5.41) is 2.55. The summed E-state index contributed by atoms with van der Waals surface area (Å²) < 4.78 is 4.79. The van der Waals surface area contributed by atoms with Crippen molar-refractivity contribution in [2.24, 2.45) is 0 Å². The first-order valence-corrected chi connectivity index (χ1v) is 3.70. The Morgan fingerprint density at radius 1 is 1.91 bits per heavy atom. The molecule has 1 saturated heterocycles. The standard InChI is InChI=1S/C7H8ClNO2/c1-2-3-5-6(4-8)11-7(10)9-5/h3,5-6H,1,4H2,(H,9,10)/t5-,6-/m1/s1. The van der Waals surface area contributed by atoms with Crippen LogP contribution in [0.1, 0.15) is 0 Å². The van der Waals surface area contributed by atoms with Gasteiger partial charge in [-0.1, -0.05) is 6.58 Å². The van der Waals surface area contributed by atoms with E-state index in [4.69, 9.17) is 16.3 Å². The normalized spacial score (nSPS) is 28.6. The first-order chi connectivity index (χ1) is 5.27. The summed E-state index contributed by atoms with van der Waals surface area (Å²) in [6.07, 6.45) is 0.892. The Kier molecular flexibility index (Phi) is 2.58. The predicted molar refractivity (Wildman–Crippen MR) is 41.6 cm³/mol. The highest BCUT2D eigenvalue weighted by atomic mass is 35.5. The van der Waals surface area contributed by atoms with Gasteiger partial charge in [-0.3, -0.25) is 0 Å². The molecule has 1 amide bonds. The molecule has 0 aromatic rings. The molecule has 0 aromatic heterocycles. The van der Waals surface area contributed by atoms with Gasteiger partial charge in [-0.05, 0) is 6.08 Å². The van der Waals surface area contributed by atoms with E-state index >= 15 is 0 Å². The van der Waals surface area contributed by atoms with Crippen molar-refractivity contribution in [3.8, 4) is 0 Å². The number of ether oxygens (including phenoxy) is 1. The van der Waals surface area contributed by atoms with Gasteiger partial charge in [0, 0.05) is 0 Å². The van der Waals surface area contributed by atoms with Crippen LogP contribution in [-0.4, -0.2) is 24.1 Å². The smallest absolute Gasteiger partial charge is 0.408 e. The zero-order valence-electron chi connectivity index (χ0n) is 5.84. The van der Waals surface area contributed by atoms with Gasteiger partial charge in [-0.2, -0.15) is 0 Å². The van der Waals surface area contributed by atoms with E-state index in [1.165, 1.54) is 0 Å². The summed E-state index contributed by atoms with van der Waals surface area (Å²) in [5.41, 5.74) is 2.57. The summed E-state index contributed by atoms with van der Waals surface area (Å²) in [5.74, 6) is 0.279. The van der Waals surface area contributed by atoms with Crippen LogP contribution in [0.3, 0.4) is 0 Å². The average molecular weight is 174 g/mol. The maximum atomic E-state index is 10.6. The molecule has 0 unspecified atom stereocenters. The van der Waals surface area contributed by atoms with Gasteiger partial charge < -0.3 is 10.1 Å². The number of carbonyl (C=O) groups is 1. The van der Waals surface area contributed by atoms with Crippen molar-refractivity contribution >= 4 is 17.7 Å². The van der Waals surface area contributed by atoms with Crippen LogP contribution in [0.5, 0.6) is 0 Å². The Morgan fingerprint density at radius 2 is 2.64 bits per heavy atom. The van der Waals surface area contributed by atoms with E-state index in [1.54, 1.807) is 6.08 Å². The van der Waals surface area contributed by atoms with Crippen LogP contribution >= 0.6 is 11.6 Å². The topological polar surface area (TPSA) is 38.3 Å². The molecule has 0 bridgehead atoms. The van der Waals surface area contributed by atoms with Crippen LogP contribution in [0.4, 0.5) is 4.79 Å². The van der Waals surface area contributed by atoms with Crippen molar-refractivity contribution in [3.05, 3.63) is 18.4 Å². The van der Waals surface area contributed by atoms with Crippen LogP contribution in [0.2, 0.25) is 0 Å². The van der Waals surface area contributed by atoms with Crippen molar-refractivity contribution < 1.29 is 9.53 Å². The molecule has 1 heterocycles. The maximum Gasteiger partial charge on any atom is 0.408 e. The molecule has 0 radical (unpaired) electrons. The number of hydrogen-bond acceptors (Lipinski definition) is 2. The minimum Gasteiger partial charge on any atom is -0.442 e. The molecule has 3 nitrogen and oxygen atoms in total. The van der Waals surface area contributed by atoms with E-state index < -0.39 is 6.09 Å². The van der Waals surface area contributed by atoms with Gasteiger partial charge in [0.05, 0.1) is 11.9 Å². The summed E-state index contributed by atoms with van der Waals surface area (Å²) in [6, 6.07) is -0.183. The third-order valence-corrected chi connectivity index (χ3v) is 1.70. The van der Waals surface area contributed by atoms with E-state index in [-0.39, 0.29) is 18.0 Å². The van der Waals surface area contributed by atoms with Gasteiger partial charge in [0.1, 0.15) is 6.10 Å². The third kappa shape index (κ3) is 1.76. The Bertz CT molecular complexity index is 210. The lowest BCUT2D eigenvalue weighted by Crippen LogP contribution is -2.29. The summed E-state index contributed by atoms with van der Waals surface area (Å²) in [6.45, 7) is 3.39. The average Bonchev–Trinajstić information content (AvgIpc) is 2.32. The number of carbonyl (C=O) groups excluding carboxylic acids is 1. The highest BCUT2D eigenvalue weighted by molar-refractivity contribution is 6.18. The Morgan fingerprint density at radius 3 is 3.18 bits per heavy atom.